The van der Waals surface area contributed by atoms with E-state index in [-0.39, 0.29) is 31.1 Å². The molecule has 2 fully saturated rings. The fraction of sp³-hybridized carbons (Fsp3) is 0.591. The summed E-state index contributed by atoms with van der Waals surface area (Å²) in [5.74, 6) is 0.453. The predicted molar refractivity (Wildman–Crippen MR) is 116 cm³/mol. The van der Waals surface area contributed by atoms with Gasteiger partial charge in [-0.15, -0.1) is 11.3 Å². The standard InChI is InChI=1S/C22H29N3O4S/c26-11-9-23-21(28)20-19(16-7-4-8-24-22(16)30-20)17-14-25(10-12-29-17)18(27)13-15-5-2-1-3-6-15/h4,7-8,15,17,26H,1-3,5-6,9-14H2,(H,23,28)/t17-/m1/s1. The number of carbonyl (C=O) groups is 2. The van der Waals surface area contributed by atoms with Gasteiger partial charge in [-0.2, -0.15) is 0 Å². The summed E-state index contributed by atoms with van der Waals surface area (Å²) in [6.07, 6.45) is 7.99. The first-order valence-electron chi connectivity index (χ1n) is 10.8. The summed E-state index contributed by atoms with van der Waals surface area (Å²) in [5, 5.41) is 12.7. The zero-order valence-corrected chi connectivity index (χ0v) is 18.0. The van der Waals surface area contributed by atoms with Gasteiger partial charge < -0.3 is 20.1 Å². The van der Waals surface area contributed by atoms with Crippen LogP contribution in [0, 0.1) is 5.92 Å². The van der Waals surface area contributed by atoms with E-state index in [0.29, 0.717) is 36.9 Å². The molecule has 0 radical (unpaired) electrons. The van der Waals surface area contributed by atoms with Crippen LogP contribution in [0.4, 0.5) is 0 Å². The van der Waals surface area contributed by atoms with Crippen molar-refractivity contribution in [2.45, 2.75) is 44.6 Å². The first-order valence-corrected chi connectivity index (χ1v) is 11.6. The van der Waals surface area contributed by atoms with E-state index in [0.717, 1.165) is 28.6 Å². The quantitative estimate of drug-likeness (QED) is 0.734. The lowest BCUT2D eigenvalue weighted by Gasteiger charge is -2.34. The number of morpholine rings is 1. The van der Waals surface area contributed by atoms with Crippen LogP contribution in [0.15, 0.2) is 18.3 Å². The lowest BCUT2D eigenvalue weighted by atomic mass is 9.86. The molecule has 1 aliphatic carbocycles. The van der Waals surface area contributed by atoms with Gasteiger partial charge in [0.05, 0.1) is 19.8 Å². The minimum atomic E-state index is -0.359. The van der Waals surface area contributed by atoms with E-state index < -0.39 is 0 Å². The predicted octanol–water partition coefficient (Wildman–Crippen LogP) is 2.89. The Hall–Kier alpha value is -2.03. The molecule has 0 spiro atoms. The summed E-state index contributed by atoms with van der Waals surface area (Å²) in [5.41, 5.74) is 0.800. The molecule has 1 saturated heterocycles. The number of hydrogen-bond acceptors (Lipinski definition) is 6. The number of thiophene rings is 1. The van der Waals surface area contributed by atoms with Crippen molar-refractivity contribution >= 4 is 33.4 Å². The fourth-order valence-electron chi connectivity index (χ4n) is 4.51. The van der Waals surface area contributed by atoms with Gasteiger partial charge in [0.1, 0.15) is 15.8 Å². The maximum atomic E-state index is 13.0. The van der Waals surface area contributed by atoms with Gasteiger partial charge >= 0.3 is 0 Å². The van der Waals surface area contributed by atoms with Gasteiger partial charge in [0.15, 0.2) is 0 Å². The lowest BCUT2D eigenvalue weighted by molar-refractivity contribution is -0.140. The summed E-state index contributed by atoms with van der Waals surface area (Å²) in [6, 6.07) is 3.80. The third kappa shape index (κ3) is 4.66. The number of amides is 2. The Bertz CT molecular complexity index is 894. The molecule has 1 atom stereocenters. The molecule has 2 aromatic rings. The number of hydrogen-bond donors (Lipinski definition) is 2. The second-order valence-corrected chi connectivity index (χ2v) is 9.09. The van der Waals surface area contributed by atoms with E-state index in [1.165, 1.54) is 30.6 Å². The summed E-state index contributed by atoms with van der Waals surface area (Å²) in [7, 11) is 0. The summed E-state index contributed by atoms with van der Waals surface area (Å²) >= 11 is 1.33. The molecule has 2 aromatic heterocycles. The molecule has 2 aliphatic rings. The number of aromatic nitrogens is 1. The van der Waals surface area contributed by atoms with Crippen molar-refractivity contribution in [3.05, 3.63) is 28.8 Å². The van der Waals surface area contributed by atoms with Gasteiger partial charge in [-0.3, -0.25) is 9.59 Å². The maximum Gasteiger partial charge on any atom is 0.261 e. The molecule has 3 heterocycles. The van der Waals surface area contributed by atoms with Crippen LogP contribution in [0.1, 0.15) is 59.9 Å². The number of pyridine rings is 1. The number of nitrogens with one attached hydrogen (secondary N) is 1. The second kappa shape index (κ2) is 9.85. The van der Waals surface area contributed by atoms with Crippen molar-refractivity contribution in [2.75, 3.05) is 32.8 Å². The molecular weight excluding hydrogens is 402 g/mol. The van der Waals surface area contributed by atoms with E-state index in [2.05, 4.69) is 10.3 Å². The zero-order chi connectivity index (χ0) is 20.9. The van der Waals surface area contributed by atoms with E-state index in [1.54, 1.807) is 6.20 Å². The minimum absolute atomic E-state index is 0.117. The highest BCUT2D eigenvalue weighted by Gasteiger charge is 2.32. The molecule has 0 unspecified atom stereocenters. The first-order chi connectivity index (χ1) is 14.7. The fourth-order valence-corrected chi connectivity index (χ4v) is 5.62. The molecule has 8 heteroatoms. The summed E-state index contributed by atoms with van der Waals surface area (Å²) in [6.45, 7) is 1.57. The third-order valence-corrected chi connectivity index (χ3v) is 7.17. The Labute approximate surface area is 180 Å². The van der Waals surface area contributed by atoms with Crippen LogP contribution in [0.5, 0.6) is 0 Å². The van der Waals surface area contributed by atoms with Crippen LogP contribution in [0.3, 0.4) is 0 Å². The Kier molecular flexibility index (Phi) is 6.97. The molecule has 4 rings (SSSR count). The molecule has 7 nitrogen and oxygen atoms in total. The molecule has 0 aromatic carbocycles. The van der Waals surface area contributed by atoms with E-state index in [4.69, 9.17) is 9.84 Å². The summed E-state index contributed by atoms with van der Waals surface area (Å²) < 4.78 is 6.05. The topological polar surface area (TPSA) is 91.8 Å². The second-order valence-electron chi connectivity index (χ2n) is 8.09. The molecule has 30 heavy (non-hydrogen) atoms. The van der Waals surface area contributed by atoms with E-state index in [1.807, 2.05) is 17.0 Å². The van der Waals surface area contributed by atoms with Crippen molar-refractivity contribution < 1.29 is 19.4 Å². The van der Waals surface area contributed by atoms with Crippen molar-refractivity contribution in [3.63, 3.8) is 0 Å². The van der Waals surface area contributed by atoms with Gasteiger partial charge in [-0.1, -0.05) is 25.3 Å². The van der Waals surface area contributed by atoms with Crippen LogP contribution in [-0.2, 0) is 9.53 Å². The highest BCUT2D eigenvalue weighted by Crippen LogP contribution is 2.37. The van der Waals surface area contributed by atoms with E-state index in [9.17, 15) is 9.59 Å². The average molecular weight is 432 g/mol. The van der Waals surface area contributed by atoms with Gasteiger partial charge in [0, 0.05) is 36.7 Å². The van der Waals surface area contributed by atoms with Crippen LogP contribution in [0.2, 0.25) is 0 Å². The minimum Gasteiger partial charge on any atom is -0.395 e. The normalized spacial score (nSPS) is 20.4. The number of ether oxygens (including phenoxy) is 1. The van der Waals surface area contributed by atoms with Crippen LogP contribution in [-0.4, -0.2) is 59.7 Å². The average Bonchev–Trinajstić information content (AvgIpc) is 3.18. The van der Waals surface area contributed by atoms with Crippen LogP contribution in [0.25, 0.3) is 10.2 Å². The molecule has 2 N–H and O–H groups in total. The van der Waals surface area contributed by atoms with Gasteiger partial charge in [0.2, 0.25) is 5.91 Å². The van der Waals surface area contributed by atoms with Crippen molar-refractivity contribution in [2.24, 2.45) is 5.92 Å². The largest absolute Gasteiger partial charge is 0.395 e. The van der Waals surface area contributed by atoms with Crippen molar-refractivity contribution in [1.29, 1.82) is 0 Å². The maximum absolute atomic E-state index is 13.0. The number of aliphatic hydroxyl groups is 1. The molecule has 0 bridgehead atoms. The molecule has 1 saturated carbocycles. The van der Waals surface area contributed by atoms with Crippen LogP contribution < -0.4 is 5.32 Å². The highest BCUT2D eigenvalue weighted by atomic mass is 32.1. The summed E-state index contributed by atoms with van der Waals surface area (Å²) in [4.78, 5) is 33.3. The number of fused-ring (bicyclic) bond motifs is 1. The Balaban J connectivity index is 1.55. The zero-order valence-electron chi connectivity index (χ0n) is 17.1. The highest BCUT2D eigenvalue weighted by molar-refractivity contribution is 7.20. The first kappa shape index (κ1) is 21.2. The lowest BCUT2D eigenvalue weighted by Crippen LogP contribution is -2.43. The van der Waals surface area contributed by atoms with Gasteiger partial charge in [-0.05, 0) is 24.8 Å². The smallest absolute Gasteiger partial charge is 0.261 e. The Morgan fingerprint density at radius 2 is 2.13 bits per heavy atom. The third-order valence-electron chi connectivity index (χ3n) is 6.04. The molecule has 162 valence electrons. The van der Waals surface area contributed by atoms with Gasteiger partial charge in [0.25, 0.3) is 5.91 Å². The SMILES string of the molecule is O=C(NCCO)c1sc2ncccc2c1[C@H]1CN(C(=O)CC2CCCCC2)CCO1. The Morgan fingerprint density at radius 1 is 1.30 bits per heavy atom. The van der Waals surface area contributed by atoms with E-state index >= 15 is 0 Å². The molecular formula is C22H29N3O4S. The molecule has 2 amide bonds. The van der Waals surface area contributed by atoms with Crippen molar-refractivity contribution in [3.8, 4) is 0 Å². The van der Waals surface area contributed by atoms with Crippen molar-refractivity contribution in [1.82, 2.24) is 15.2 Å². The number of rotatable bonds is 6. The number of aliphatic hydroxyl groups excluding tert-OH is 1. The monoisotopic (exact) mass is 431 g/mol. The van der Waals surface area contributed by atoms with Gasteiger partial charge in [-0.25, -0.2) is 4.98 Å². The molecule has 1 aliphatic heterocycles. The number of carbonyl (C=O) groups excluding carboxylic acids is 2. The van der Waals surface area contributed by atoms with Crippen LogP contribution >= 0.6 is 11.3 Å². The number of nitrogens with zero attached hydrogens (tertiary/aromatic N) is 2. The Morgan fingerprint density at radius 3 is 2.93 bits per heavy atom.